The summed E-state index contributed by atoms with van der Waals surface area (Å²) in [5.41, 5.74) is 2.08. The fourth-order valence-corrected chi connectivity index (χ4v) is 4.00. The van der Waals surface area contributed by atoms with Gasteiger partial charge < -0.3 is 5.11 Å². The maximum Gasteiger partial charge on any atom is 0.294 e. The zero-order valence-corrected chi connectivity index (χ0v) is 20.3. The van der Waals surface area contributed by atoms with Gasteiger partial charge in [0.1, 0.15) is 5.75 Å². The Bertz CT molecular complexity index is 999. The van der Waals surface area contributed by atoms with Crippen molar-refractivity contribution in [2.75, 3.05) is 0 Å². The van der Waals surface area contributed by atoms with Gasteiger partial charge in [-0.2, -0.15) is 18.6 Å². The molecule has 180 valence electrons. The summed E-state index contributed by atoms with van der Waals surface area (Å²) in [5.74, 6) is 0.200. The van der Waals surface area contributed by atoms with Crippen LogP contribution < -0.4 is 0 Å². The van der Waals surface area contributed by atoms with Crippen LogP contribution in [0, 0.1) is 0 Å². The number of allylic oxidation sites excluding steroid dienone is 2. The maximum atomic E-state index is 11.1. The number of phenols is 1. The molecule has 0 saturated carbocycles. The molecule has 2 aromatic carbocycles. The van der Waals surface area contributed by atoms with Gasteiger partial charge in [-0.05, 0) is 86.6 Å². The highest BCUT2D eigenvalue weighted by molar-refractivity contribution is 7.85. The Morgan fingerprint density at radius 3 is 2.09 bits per heavy atom. The highest BCUT2D eigenvalue weighted by atomic mass is 32.2. The van der Waals surface area contributed by atoms with Crippen LogP contribution in [0.3, 0.4) is 0 Å². The summed E-state index contributed by atoms with van der Waals surface area (Å²) in [6.07, 6.45) is 17.5. The quantitative estimate of drug-likeness (QED) is 0.118. The average Bonchev–Trinajstić information content (AvgIpc) is 2.79. The summed E-state index contributed by atoms with van der Waals surface area (Å²) in [4.78, 5) is -0.186. The number of hydrogen-bond donors (Lipinski definition) is 2. The highest BCUT2D eigenvalue weighted by Gasteiger charge is 2.08. The first-order valence-electron chi connectivity index (χ1n) is 11.9. The van der Waals surface area contributed by atoms with Crippen LogP contribution in [-0.2, 0) is 16.5 Å². The molecule has 0 bridgehead atoms. The summed E-state index contributed by atoms with van der Waals surface area (Å²) >= 11 is 0. The number of aromatic hydroxyl groups is 1. The Morgan fingerprint density at radius 1 is 0.818 bits per heavy atom. The van der Waals surface area contributed by atoms with E-state index in [-0.39, 0.29) is 10.6 Å². The molecule has 0 aromatic heterocycles. The van der Waals surface area contributed by atoms with Gasteiger partial charge in [-0.1, -0.05) is 51.2 Å². The van der Waals surface area contributed by atoms with Crippen LogP contribution in [0.5, 0.6) is 5.75 Å². The van der Waals surface area contributed by atoms with Crippen molar-refractivity contribution >= 4 is 21.5 Å². The van der Waals surface area contributed by atoms with E-state index in [1.807, 2.05) is 0 Å². The molecule has 0 atom stereocenters. The van der Waals surface area contributed by atoms with E-state index in [2.05, 4.69) is 29.3 Å². The maximum absolute atomic E-state index is 11.1. The Hall–Kier alpha value is -2.51. The molecule has 33 heavy (non-hydrogen) atoms. The van der Waals surface area contributed by atoms with E-state index in [1.54, 1.807) is 18.2 Å². The van der Waals surface area contributed by atoms with E-state index in [0.29, 0.717) is 11.4 Å². The third-order valence-corrected chi connectivity index (χ3v) is 6.30. The lowest BCUT2D eigenvalue weighted by molar-refractivity contribution is 0.474. The molecule has 7 heteroatoms. The molecule has 2 rings (SSSR count). The molecule has 0 aliphatic heterocycles. The molecule has 0 aliphatic carbocycles. The molecule has 0 radical (unpaired) electrons. The van der Waals surface area contributed by atoms with Gasteiger partial charge in [0.15, 0.2) is 0 Å². The third kappa shape index (κ3) is 10.8. The van der Waals surface area contributed by atoms with Crippen molar-refractivity contribution in [1.82, 2.24) is 0 Å². The van der Waals surface area contributed by atoms with Crippen LogP contribution in [0.2, 0.25) is 0 Å². The minimum absolute atomic E-state index is 0.186. The second-order valence-corrected chi connectivity index (χ2v) is 9.68. The summed E-state index contributed by atoms with van der Waals surface area (Å²) in [6.45, 7) is 2.23. The first kappa shape index (κ1) is 26.7. The average molecular weight is 473 g/mol. The number of benzene rings is 2. The normalized spacial score (nSPS) is 12.2. The van der Waals surface area contributed by atoms with Gasteiger partial charge in [0.2, 0.25) is 0 Å². The standard InChI is InChI=1S/C26H36N2O4S/c1-2-3-4-5-6-7-8-9-10-11-12-13-14-22-21-24(29)17-20-26(22)28-27-23-15-18-25(19-16-23)33(30,31)32/h7-8,15-21,29H,2-6,9-14H2,1H3,(H,30,31,32)/b8-7+,28-27?. The van der Waals surface area contributed by atoms with Gasteiger partial charge in [0, 0.05) is 0 Å². The third-order valence-electron chi connectivity index (χ3n) is 5.43. The van der Waals surface area contributed by atoms with Crippen molar-refractivity contribution < 1.29 is 18.1 Å². The molecule has 0 aliphatic rings. The van der Waals surface area contributed by atoms with Crippen molar-refractivity contribution in [1.29, 1.82) is 0 Å². The molecule has 0 fully saturated rings. The van der Waals surface area contributed by atoms with Gasteiger partial charge in [-0.3, -0.25) is 4.55 Å². The van der Waals surface area contributed by atoms with E-state index < -0.39 is 10.1 Å². The first-order valence-corrected chi connectivity index (χ1v) is 13.3. The number of azo groups is 1. The van der Waals surface area contributed by atoms with E-state index in [0.717, 1.165) is 31.2 Å². The van der Waals surface area contributed by atoms with Crippen molar-refractivity contribution in [3.8, 4) is 5.75 Å². The lowest BCUT2D eigenvalue weighted by Crippen LogP contribution is -1.96. The molecule has 0 amide bonds. The summed E-state index contributed by atoms with van der Waals surface area (Å²) in [5, 5.41) is 18.3. The van der Waals surface area contributed by atoms with Crippen molar-refractivity contribution in [2.45, 2.75) is 82.4 Å². The zero-order chi connectivity index (χ0) is 23.9. The molecule has 0 unspecified atom stereocenters. The number of hydrogen-bond acceptors (Lipinski definition) is 5. The van der Waals surface area contributed by atoms with E-state index in [9.17, 15) is 13.5 Å². The first-order chi connectivity index (χ1) is 15.9. The second kappa shape index (κ2) is 14.6. The Balaban J connectivity index is 1.78. The molecule has 0 heterocycles. The van der Waals surface area contributed by atoms with Gasteiger partial charge in [-0.25, -0.2) is 0 Å². The zero-order valence-electron chi connectivity index (χ0n) is 19.5. The smallest absolute Gasteiger partial charge is 0.294 e. The van der Waals surface area contributed by atoms with Crippen molar-refractivity contribution in [2.24, 2.45) is 10.2 Å². The van der Waals surface area contributed by atoms with E-state index in [4.69, 9.17) is 4.55 Å². The summed E-state index contributed by atoms with van der Waals surface area (Å²) in [6, 6.07) is 10.5. The van der Waals surface area contributed by atoms with Gasteiger partial charge >= 0.3 is 0 Å². The Morgan fingerprint density at radius 2 is 1.45 bits per heavy atom. The van der Waals surface area contributed by atoms with Crippen LogP contribution in [0.1, 0.15) is 76.7 Å². The predicted molar refractivity (Wildman–Crippen MR) is 133 cm³/mol. The SMILES string of the molecule is CCCCCC/C=C/CCCCCCc1cc(O)ccc1N=Nc1ccc(S(=O)(=O)O)cc1. The lowest BCUT2D eigenvalue weighted by atomic mass is 10.0. The van der Waals surface area contributed by atoms with Gasteiger partial charge in [0.25, 0.3) is 10.1 Å². The monoisotopic (exact) mass is 472 g/mol. The second-order valence-electron chi connectivity index (χ2n) is 8.26. The fraction of sp³-hybridized carbons (Fsp3) is 0.462. The molecule has 6 nitrogen and oxygen atoms in total. The fourth-order valence-electron chi connectivity index (χ4n) is 3.52. The van der Waals surface area contributed by atoms with Crippen LogP contribution in [0.15, 0.2) is 69.7 Å². The van der Waals surface area contributed by atoms with Crippen LogP contribution >= 0.6 is 0 Å². The Kier molecular flexibility index (Phi) is 11.8. The number of aryl methyl sites for hydroxylation is 1. The summed E-state index contributed by atoms with van der Waals surface area (Å²) in [7, 11) is -4.23. The highest BCUT2D eigenvalue weighted by Crippen LogP contribution is 2.28. The predicted octanol–water partition coefficient (Wildman–Crippen LogP) is 8.07. The summed E-state index contributed by atoms with van der Waals surface area (Å²) < 4.78 is 31.3. The minimum atomic E-state index is -4.23. The van der Waals surface area contributed by atoms with Gasteiger partial charge in [-0.15, -0.1) is 0 Å². The molecule has 2 N–H and O–H groups in total. The van der Waals surface area contributed by atoms with E-state index in [1.165, 1.54) is 69.2 Å². The minimum Gasteiger partial charge on any atom is -0.508 e. The number of rotatable bonds is 15. The van der Waals surface area contributed by atoms with Crippen LogP contribution in [-0.4, -0.2) is 18.1 Å². The van der Waals surface area contributed by atoms with E-state index >= 15 is 0 Å². The number of nitrogens with zero attached hydrogens (tertiary/aromatic N) is 2. The molecule has 0 spiro atoms. The van der Waals surface area contributed by atoms with Crippen LogP contribution in [0.25, 0.3) is 0 Å². The number of unbranched alkanes of at least 4 members (excludes halogenated alkanes) is 8. The molecular formula is C26H36N2O4S. The molecule has 0 saturated heterocycles. The largest absolute Gasteiger partial charge is 0.508 e. The Labute approximate surface area is 198 Å². The molecule has 2 aromatic rings. The topological polar surface area (TPSA) is 99.3 Å². The van der Waals surface area contributed by atoms with Crippen molar-refractivity contribution in [3.05, 3.63) is 60.2 Å². The van der Waals surface area contributed by atoms with Crippen molar-refractivity contribution in [3.63, 3.8) is 0 Å². The number of phenolic OH excluding ortho intramolecular Hbond substituents is 1. The molecular weight excluding hydrogens is 436 g/mol. The lowest BCUT2D eigenvalue weighted by Gasteiger charge is -2.06. The van der Waals surface area contributed by atoms with Crippen LogP contribution in [0.4, 0.5) is 11.4 Å². The van der Waals surface area contributed by atoms with Gasteiger partial charge in [0.05, 0.1) is 16.3 Å².